The predicted octanol–water partition coefficient (Wildman–Crippen LogP) is 4.06. The Labute approximate surface area is 171 Å². The minimum atomic E-state index is -0.240. The molecule has 3 rings (SSSR count). The van der Waals surface area contributed by atoms with Crippen LogP contribution in [0, 0.1) is 0 Å². The number of nitrogens with zero attached hydrogens (tertiary/aromatic N) is 2. The van der Waals surface area contributed by atoms with Crippen LogP contribution in [0.4, 0.5) is 0 Å². The number of rotatable bonds is 9. The van der Waals surface area contributed by atoms with E-state index in [1.54, 1.807) is 0 Å². The molecule has 1 unspecified atom stereocenters. The summed E-state index contributed by atoms with van der Waals surface area (Å²) in [5.74, 6) is 1.98. The van der Waals surface area contributed by atoms with E-state index in [2.05, 4.69) is 35.9 Å². The average Bonchev–Trinajstić information content (AvgIpc) is 3.07. The van der Waals surface area contributed by atoms with Gasteiger partial charge in [0.1, 0.15) is 24.8 Å². The van der Waals surface area contributed by atoms with E-state index in [0.717, 1.165) is 22.6 Å². The highest BCUT2D eigenvalue weighted by atomic mass is 16.5. The number of aromatic nitrogens is 2. The molecule has 29 heavy (non-hydrogen) atoms. The van der Waals surface area contributed by atoms with Crippen LogP contribution in [0.3, 0.4) is 0 Å². The molecule has 1 N–H and O–H groups in total. The number of carbonyl (C=O) groups excluding carboxylic acids is 1. The zero-order chi connectivity index (χ0) is 20.8. The van der Waals surface area contributed by atoms with Crippen molar-refractivity contribution in [3.63, 3.8) is 0 Å². The second-order valence-electron chi connectivity index (χ2n) is 7.40. The van der Waals surface area contributed by atoms with Crippen LogP contribution in [0.25, 0.3) is 11.0 Å². The number of benzene rings is 2. The molecule has 1 heterocycles. The standard InChI is InChI=1S/C23H29N3O3/c1-16(2)18-9-11-19(12-10-18)29-14-13-26-21-8-6-5-7-20(21)25-23(26)17(3)24-22(27)15-28-4/h5-12,16-17H,13-15H2,1-4H3,(H,24,27). The lowest BCUT2D eigenvalue weighted by Crippen LogP contribution is -2.31. The van der Waals surface area contributed by atoms with E-state index in [0.29, 0.717) is 19.1 Å². The van der Waals surface area contributed by atoms with Gasteiger partial charge >= 0.3 is 0 Å². The van der Waals surface area contributed by atoms with Crippen LogP contribution in [-0.4, -0.2) is 35.8 Å². The number of amides is 1. The van der Waals surface area contributed by atoms with Gasteiger partial charge in [-0.3, -0.25) is 4.79 Å². The number of ether oxygens (including phenoxy) is 2. The Morgan fingerprint density at radius 1 is 1.10 bits per heavy atom. The van der Waals surface area contributed by atoms with Crippen LogP contribution in [-0.2, 0) is 16.1 Å². The van der Waals surface area contributed by atoms with Crippen molar-refractivity contribution in [1.82, 2.24) is 14.9 Å². The second kappa shape index (κ2) is 9.56. The monoisotopic (exact) mass is 395 g/mol. The van der Waals surface area contributed by atoms with Gasteiger partial charge in [0, 0.05) is 7.11 Å². The summed E-state index contributed by atoms with van der Waals surface area (Å²) in [6.07, 6.45) is 0. The summed E-state index contributed by atoms with van der Waals surface area (Å²) in [7, 11) is 1.50. The first-order chi connectivity index (χ1) is 14.0. The van der Waals surface area contributed by atoms with Crippen molar-refractivity contribution >= 4 is 16.9 Å². The molecular formula is C23H29N3O3. The van der Waals surface area contributed by atoms with Crippen LogP contribution in [0.5, 0.6) is 5.75 Å². The molecule has 0 saturated heterocycles. The molecule has 0 spiro atoms. The molecule has 6 heteroatoms. The molecule has 0 aliphatic heterocycles. The number of hydrogen-bond donors (Lipinski definition) is 1. The van der Waals surface area contributed by atoms with Crippen molar-refractivity contribution in [2.45, 2.75) is 39.3 Å². The molecule has 2 aromatic carbocycles. The molecule has 6 nitrogen and oxygen atoms in total. The van der Waals surface area contributed by atoms with Gasteiger partial charge in [0.25, 0.3) is 0 Å². The Morgan fingerprint density at radius 2 is 1.83 bits per heavy atom. The quantitative estimate of drug-likeness (QED) is 0.593. The molecule has 1 aromatic heterocycles. The topological polar surface area (TPSA) is 65.4 Å². The minimum absolute atomic E-state index is 0.0278. The number of nitrogens with one attached hydrogen (secondary N) is 1. The van der Waals surface area contributed by atoms with E-state index in [1.165, 1.54) is 12.7 Å². The first kappa shape index (κ1) is 20.9. The third kappa shape index (κ3) is 5.15. The Morgan fingerprint density at radius 3 is 2.52 bits per heavy atom. The highest BCUT2D eigenvalue weighted by Gasteiger charge is 2.18. The number of imidazole rings is 1. The minimum Gasteiger partial charge on any atom is -0.492 e. The lowest BCUT2D eigenvalue weighted by molar-refractivity contribution is -0.125. The molecule has 0 fully saturated rings. The van der Waals surface area contributed by atoms with Crippen molar-refractivity contribution in [2.24, 2.45) is 0 Å². The Balaban J connectivity index is 1.74. The highest BCUT2D eigenvalue weighted by molar-refractivity contribution is 5.78. The summed E-state index contributed by atoms with van der Waals surface area (Å²) in [4.78, 5) is 16.7. The number of para-hydroxylation sites is 2. The normalized spacial score (nSPS) is 12.3. The van der Waals surface area contributed by atoms with Gasteiger partial charge < -0.3 is 19.4 Å². The van der Waals surface area contributed by atoms with Crippen molar-refractivity contribution in [1.29, 1.82) is 0 Å². The summed E-state index contributed by atoms with van der Waals surface area (Å²) in [5.41, 5.74) is 3.21. The fourth-order valence-electron chi connectivity index (χ4n) is 3.34. The first-order valence-corrected chi connectivity index (χ1v) is 9.95. The number of methoxy groups -OCH3 is 1. The van der Waals surface area contributed by atoms with Gasteiger partial charge in [-0.15, -0.1) is 0 Å². The molecule has 1 atom stereocenters. The third-order valence-electron chi connectivity index (χ3n) is 4.85. The largest absolute Gasteiger partial charge is 0.492 e. The molecule has 3 aromatic rings. The number of carbonyl (C=O) groups is 1. The van der Waals surface area contributed by atoms with Gasteiger partial charge in [-0.25, -0.2) is 4.98 Å². The summed E-state index contributed by atoms with van der Waals surface area (Å²) < 4.78 is 13.0. The summed E-state index contributed by atoms with van der Waals surface area (Å²) in [6, 6.07) is 15.9. The number of fused-ring (bicyclic) bond motifs is 1. The smallest absolute Gasteiger partial charge is 0.246 e. The molecule has 0 radical (unpaired) electrons. The van der Waals surface area contributed by atoms with Crippen LogP contribution in [0.15, 0.2) is 48.5 Å². The molecule has 0 aliphatic carbocycles. The van der Waals surface area contributed by atoms with Gasteiger partial charge in [0.2, 0.25) is 5.91 Å². The molecule has 0 aliphatic rings. The van der Waals surface area contributed by atoms with E-state index in [1.807, 2.05) is 43.3 Å². The lowest BCUT2D eigenvalue weighted by atomic mass is 10.0. The maximum atomic E-state index is 11.9. The fraction of sp³-hybridized carbons (Fsp3) is 0.391. The molecular weight excluding hydrogens is 366 g/mol. The van der Waals surface area contributed by atoms with Gasteiger partial charge in [-0.1, -0.05) is 38.1 Å². The van der Waals surface area contributed by atoms with Gasteiger partial charge in [-0.05, 0) is 42.7 Å². The van der Waals surface area contributed by atoms with Crippen molar-refractivity contribution in [3.05, 3.63) is 59.9 Å². The van der Waals surface area contributed by atoms with E-state index >= 15 is 0 Å². The Hall–Kier alpha value is -2.86. The van der Waals surface area contributed by atoms with E-state index in [-0.39, 0.29) is 18.6 Å². The van der Waals surface area contributed by atoms with Crippen LogP contribution in [0.2, 0.25) is 0 Å². The van der Waals surface area contributed by atoms with Crippen molar-refractivity contribution < 1.29 is 14.3 Å². The van der Waals surface area contributed by atoms with E-state index in [9.17, 15) is 4.79 Å². The number of hydrogen-bond acceptors (Lipinski definition) is 4. The average molecular weight is 396 g/mol. The fourth-order valence-corrected chi connectivity index (χ4v) is 3.34. The predicted molar refractivity (Wildman–Crippen MR) is 114 cm³/mol. The Bertz CT molecular complexity index is 948. The van der Waals surface area contributed by atoms with Crippen molar-refractivity contribution in [3.8, 4) is 5.75 Å². The zero-order valence-electron chi connectivity index (χ0n) is 17.5. The van der Waals surface area contributed by atoms with Crippen molar-refractivity contribution in [2.75, 3.05) is 20.3 Å². The molecule has 154 valence electrons. The van der Waals surface area contributed by atoms with Crippen LogP contribution < -0.4 is 10.1 Å². The first-order valence-electron chi connectivity index (χ1n) is 9.95. The molecule has 0 saturated carbocycles. The molecule has 0 bridgehead atoms. The SMILES string of the molecule is COCC(=O)NC(C)c1nc2ccccc2n1CCOc1ccc(C(C)C)cc1. The van der Waals surface area contributed by atoms with Crippen LogP contribution in [0.1, 0.15) is 44.1 Å². The van der Waals surface area contributed by atoms with Gasteiger partial charge in [0.15, 0.2) is 0 Å². The summed E-state index contributed by atoms with van der Waals surface area (Å²) in [5, 5.41) is 2.94. The zero-order valence-corrected chi connectivity index (χ0v) is 17.5. The summed E-state index contributed by atoms with van der Waals surface area (Å²) >= 11 is 0. The Kier molecular flexibility index (Phi) is 6.88. The lowest BCUT2D eigenvalue weighted by Gasteiger charge is -2.16. The van der Waals surface area contributed by atoms with Gasteiger partial charge in [0.05, 0.1) is 23.6 Å². The van der Waals surface area contributed by atoms with E-state index < -0.39 is 0 Å². The highest BCUT2D eigenvalue weighted by Crippen LogP contribution is 2.22. The summed E-state index contributed by atoms with van der Waals surface area (Å²) in [6.45, 7) is 7.44. The van der Waals surface area contributed by atoms with Crippen LogP contribution >= 0.6 is 0 Å². The van der Waals surface area contributed by atoms with Gasteiger partial charge in [-0.2, -0.15) is 0 Å². The maximum Gasteiger partial charge on any atom is 0.246 e. The maximum absolute atomic E-state index is 11.9. The third-order valence-corrected chi connectivity index (χ3v) is 4.85. The molecule has 1 amide bonds. The second-order valence-corrected chi connectivity index (χ2v) is 7.40. The van der Waals surface area contributed by atoms with E-state index in [4.69, 9.17) is 14.5 Å².